The van der Waals surface area contributed by atoms with Gasteiger partial charge >= 0.3 is 0 Å². The molecule has 0 aliphatic carbocycles. The van der Waals surface area contributed by atoms with Crippen molar-refractivity contribution in [1.82, 2.24) is 14.8 Å². The van der Waals surface area contributed by atoms with Gasteiger partial charge in [-0.05, 0) is 6.07 Å². The Balaban J connectivity index is 2.20. The number of fused-ring (bicyclic) bond motifs is 1. The average molecular weight is 367 g/mol. The van der Waals surface area contributed by atoms with Gasteiger partial charge in [0.2, 0.25) is 0 Å². The van der Waals surface area contributed by atoms with E-state index in [0.717, 1.165) is 4.68 Å². The molecule has 7 nitrogen and oxygen atoms in total. The van der Waals surface area contributed by atoms with E-state index in [1.54, 1.807) is 12.1 Å². The molecule has 0 spiro atoms. The van der Waals surface area contributed by atoms with Crippen LogP contribution in [-0.4, -0.2) is 34.9 Å². The van der Waals surface area contributed by atoms with Crippen LogP contribution in [0.5, 0.6) is 11.5 Å². The number of hydrogen-bond acceptors (Lipinski definition) is 6. The number of carbonyl (C=O) groups is 1. The summed E-state index contributed by atoms with van der Waals surface area (Å²) in [6.07, 6.45) is 2.65. The predicted octanol–water partition coefficient (Wildman–Crippen LogP) is 3.03. The minimum atomic E-state index is -0.556. The van der Waals surface area contributed by atoms with Crippen molar-refractivity contribution < 1.29 is 14.3 Å². The molecule has 0 unspecified atom stereocenters. The number of carbonyl (C=O) groups excluding carboxylic acids is 1. The van der Waals surface area contributed by atoms with Gasteiger partial charge < -0.3 is 15.2 Å². The molecule has 0 aliphatic heterocycles. The summed E-state index contributed by atoms with van der Waals surface area (Å²) in [6, 6.07) is 3.28. The second-order valence-electron chi connectivity index (χ2n) is 4.80. The van der Waals surface area contributed by atoms with Crippen molar-refractivity contribution in [3.8, 4) is 11.5 Å². The number of nitrogens with zero attached hydrogens (tertiary/aromatic N) is 3. The van der Waals surface area contributed by atoms with Crippen LogP contribution in [0.15, 0.2) is 24.5 Å². The Morgan fingerprint density at radius 3 is 2.29 bits per heavy atom. The van der Waals surface area contributed by atoms with Crippen LogP contribution in [0.4, 0.5) is 5.82 Å². The summed E-state index contributed by atoms with van der Waals surface area (Å²) >= 11 is 12.1. The first-order chi connectivity index (χ1) is 11.5. The van der Waals surface area contributed by atoms with E-state index in [4.69, 9.17) is 38.4 Å². The summed E-state index contributed by atoms with van der Waals surface area (Å²) in [7, 11) is 3.01. The normalized spacial score (nSPS) is 10.8. The fourth-order valence-electron chi connectivity index (χ4n) is 2.31. The van der Waals surface area contributed by atoms with Gasteiger partial charge in [0.15, 0.2) is 11.5 Å². The first-order valence-corrected chi connectivity index (χ1v) is 7.47. The molecule has 0 aliphatic rings. The number of rotatable bonds is 3. The molecule has 2 aromatic heterocycles. The maximum Gasteiger partial charge on any atom is 0.283 e. The fraction of sp³-hybridized carbons (Fsp3) is 0.133. The molecular formula is C15H12Cl2N4O3. The first-order valence-electron chi connectivity index (χ1n) is 6.71. The van der Waals surface area contributed by atoms with Gasteiger partial charge in [-0.2, -0.15) is 9.78 Å². The van der Waals surface area contributed by atoms with E-state index in [0.29, 0.717) is 22.4 Å². The van der Waals surface area contributed by atoms with Gasteiger partial charge in [0, 0.05) is 23.8 Å². The molecule has 0 atom stereocenters. The van der Waals surface area contributed by atoms with E-state index in [2.05, 4.69) is 10.1 Å². The largest absolute Gasteiger partial charge is 0.493 e. The summed E-state index contributed by atoms with van der Waals surface area (Å²) in [5, 5.41) is 4.99. The highest BCUT2D eigenvalue weighted by atomic mass is 35.5. The zero-order valence-electron chi connectivity index (χ0n) is 12.7. The summed E-state index contributed by atoms with van der Waals surface area (Å²) in [6.45, 7) is 0. The Morgan fingerprint density at radius 2 is 1.71 bits per heavy atom. The monoisotopic (exact) mass is 366 g/mol. The van der Waals surface area contributed by atoms with Crippen LogP contribution < -0.4 is 15.2 Å². The number of benzene rings is 1. The molecule has 3 rings (SSSR count). The van der Waals surface area contributed by atoms with Gasteiger partial charge in [-0.1, -0.05) is 23.2 Å². The fourth-order valence-corrected chi connectivity index (χ4v) is 2.83. The summed E-state index contributed by atoms with van der Waals surface area (Å²) < 4.78 is 11.5. The third-order valence-electron chi connectivity index (χ3n) is 3.47. The molecule has 0 bridgehead atoms. The van der Waals surface area contributed by atoms with Crippen LogP contribution in [0.25, 0.3) is 10.9 Å². The lowest BCUT2D eigenvalue weighted by atomic mass is 10.2. The van der Waals surface area contributed by atoms with Gasteiger partial charge in [0.05, 0.1) is 35.3 Å². The minimum Gasteiger partial charge on any atom is -0.493 e. The standard InChI is InChI=1S/C15H12Cl2N4O3/c1-23-11-3-7-10(4-12(11)24-2)20-21(14(7)18)15(22)13-8(16)5-19-6-9(13)17/h3-6H,18H2,1-2H3. The summed E-state index contributed by atoms with van der Waals surface area (Å²) in [5.41, 5.74) is 6.62. The van der Waals surface area contributed by atoms with Crippen molar-refractivity contribution in [2.45, 2.75) is 0 Å². The van der Waals surface area contributed by atoms with E-state index in [1.165, 1.54) is 26.6 Å². The van der Waals surface area contributed by atoms with E-state index in [9.17, 15) is 4.79 Å². The van der Waals surface area contributed by atoms with E-state index in [1.807, 2.05) is 0 Å². The quantitative estimate of drug-likeness (QED) is 0.765. The molecule has 2 heterocycles. The Hall–Kier alpha value is -2.51. The predicted molar refractivity (Wildman–Crippen MR) is 91.2 cm³/mol. The molecule has 3 aromatic rings. The maximum atomic E-state index is 12.7. The Kier molecular flexibility index (Phi) is 4.21. The van der Waals surface area contributed by atoms with E-state index >= 15 is 0 Å². The van der Waals surface area contributed by atoms with Crippen LogP contribution in [0.2, 0.25) is 10.0 Å². The number of hydrogen-bond donors (Lipinski definition) is 1. The second-order valence-corrected chi connectivity index (χ2v) is 5.62. The third-order valence-corrected chi connectivity index (χ3v) is 4.05. The van der Waals surface area contributed by atoms with Crippen LogP contribution in [-0.2, 0) is 0 Å². The average Bonchev–Trinajstić information content (AvgIpc) is 2.89. The number of nitrogen functional groups attached to an aromatic ring is 1. The highest BCUT2D eigenvalue weighted by molar-refractivity contribution is 6.39. The Morgan fingerprint density at radius 1 is 1.12 bits per heavy atom. The van der Waals surface area contributed by atoms with Crippen LogP contribution in [0.1, 0.15) is 10.4 Å². The van der Waals surface area contributed by atoms with Gasteiger partial charge in [0.1, 0.15) is 5.82 Å². The second kappa shape index (κ2) is 6.18. The molecule has 124 valence electrons. The first kappa shape index (κ1) is 16.4. The zero-order chi connectivity index (χ0) is 17.4. The number of halogens is 2. The molecule has 9 heteroatoms. The summed E-state index contributed by atoms with van der Waals surface area (Å²) in [4.78, 5) is 16.6. The minimum absolute atomic E-state index is 0.0757. The molecule has 1 aromatic carbocycles. The van der Waals surface area contributed by atoms with Crippen LogP contribution in [0, 0.1) is 0 Å². The number of anilines is 1. The summed E-state index contributed by atoms with van der Waals surface area (Å²) in [5.74, 6) is 0.532. The third kappa shape index (κ3) is 2.51. The van der Waals surface area contributed by atoms with Crippen LogP contribution >= 0.6 is 23.2 Å². The van der Waals surface area contributed by atoms with Gasteiger partial charge in [-0.3, -0.25) is 9.78 Å². The number of ether oxygens (including phenoxy) is 2. The highest BCUT2D eigenvalue weighted by Gasteiger charge is 2.22. The molecule has 0 amide bonds. The lowest BCUT2D eigenvalue weighted by Gasteiger charge is -2.07. The topological polar surface area (TPSA) is 92.3 Å². The van der Waals surface area contributed by atoms with E-state index in [-0.39, 0.29) is 21.4 Å². The molecule has 0 radical (unpaired) electrons. The highest BCUT2D eigenvalue weighted by Crippen LogP contribution is 2.35. The van der Waals surface area contributed by atoms with Crippen LogP contribution in [0.3, 0.4) is 0 Å². The van der Waals surface area contributed by atoms with Crippen molar-refractivity contribution in [1.29, 1.82) is 0 Å². The van der Waals surface area contributed by atoms with Gasteiger partial charge in [-0.25, -0.2) is 0 Å². The maximum absolute atomic E-state index is 12.7. The molecule has 24 heavy (non-hydrogen) atoms. The smallest absolute Gasteiger partial charge is 0.283 e. The Labute approximate surface area is 146 Å². The van der Waals surface area contributed by atoms with Crippen molar-refractivity contribution in [3.63, 3.8) is 0 Å². The number of methoxy groups -OCH3 is 2. The molecule has 0 fully saturated rings. The van der Waals surface area contributed by atoms with Crippen molar-refractivity contribution in [2.75, 3.05) is 20.0 Å². The molecule has 0 saturated carbocycles. The van der Waals surface area contributed by atoms with Gasteiger partial charge in [0.25, 0.3) is 5.91 Å². The van der Waals surface area contributed by atoms with Crippen molar-refractivity contribution >= 4 is 45.8 Å². The lowest BCUT2D eigenvalue weighted by molar-refractivity contribution is 0.0949. The molecular weight excluding hydrogens is 355 g/mol. The molecule has 0 saturated heterocycles. The van der Waals surface area contributed by atoms with Crippen molar-refractivity contribution in [2.24, 2.45) is 0 Å². The lowest BCUT2D eigenvalue weighted by Crippen LogP contribution is -2.17. The number of aromatic nitrogens is 3. The zero-order valence-corrected chi connectivity index (χ0v) is 14.2. The molecule has 2 N–H and O–H groups in total. The Bertz CT molecular complexity index is 935. The van der Waals surface area contributed by atoms with Gasteiger partial charge in [-0.15, -0.1) is 0 Å². The van der Waals surface area contributed by atoms with Crippen molar-refractivity contribution in [3.05, 3.63) is 40.1 Å². The number of nitrogens with two attached hydrogens (primary N) is 1. The number of pyridine rings is 1. The SMILES string of the molecule is COc1cc2nn(C(=O)c3c(Cl)cncc3Cl)c(N)c2cc1OC. The van der Waals surface area contributed by atoms with E-state index < -0.39 is 5.91 Å².